The van der Waals surface area contributed by atoms with Gasteiger partial charge in [0, 0.05) is 110 Å². The number of hydrogen-bond acceptors (Lipinski definition) is 13. The Kier molecular flexibility index (Phi) is 14.6. The van der Waals surface area contributed by atoms with Gasteiger partial charge in [0.2, 0.25) is 29.5 Å². The quantitative estimate of drug-likeness (QED) is 0.0309. The van der Waals surface area contributed by atoms with Crippen molar-refractivity contribution in [2.24, 2.45) is 5.73 Å². The van der Waals surface area contributed by atoms with Crippen molar-refractivity contribution >= 4 is 35.3 Å². The Morgan fingerprint density at radius 3 is 0.885 bits per heavy atom. The van der Waals surface area contributed by atoms with E-state index in [9.17, 15) is 28.8 Å². The van der Waals surface area contributed by atoms with Gasteiger partial charge >= 0.3 is 0 Å². The average Bonchev–Trinajstić information content (AvgIpc) is 4.08. The highest BCUT2D eigenvalue weighted by atomic mass is 16.2. The van der Waals surface area contributed by atoms with Crippen LogP contribution in [0.4, 0.5) is 0 Å². The molecule has 0 aliphatic carbocycles. The monoisotopic (exact) mass is 838 g/mol. The molecule has 320 valence electrons. The second kappa shape index (κ2) is 20.8. The van der Waals surface area contributed by atoms with E-state index in [2.05, 4.69) is 86.4 Å². The van der Waals surface area contributed by atoms with Crippen LogP contribution >= 0.6 is 0 Å². The van der Waals surface area contributed by atoms with Crippen LogP contribution in [0.1, 0.15) is 41.1 Å². The smallest absolute Gasteiger partial charge is 0.243 e. The van der Waals surface area contributed by atoms with E-state index in [1.165, 1.54) is 82.1 Å². The van der Waals surface area contributed by atoms with Crippen molar-refractivity contribution in [3.8, 4) is 0 Å². The van der Waals surface area contributed by atoms with Gasteiger partial charge in [0.25, 0.3) is 0 Å². The largest absolute Gasteiger partial charge is 0.348 e. The Hall–Kier alpha value is -7.76. The van der Waals surface area contributed by atoms with E-state index < -0.39 is 65.8 Å². The van der Waals surface area contributed by atoms with Gasteiger partial charge in [-0.3, -0.25) is 28.8 Å². The summed E-state index contributed by atoms with van der Waals surface area (Å²) in [6.45, 7) is 1.34. The highest BCUT2D eigenvalue weighted by Gasteiger charge is 2.34. The standard InChI is InChI=1S/C37H46N18O6/c1-20(56)28(3-22-9-40-15-46-22)51-34(58)30(5-24-11-42-17-48-24)53-36(60)32(7-26-13-44-19-50-26)55-37(61)31(6-25-12-43-18-49-25)54-35(59)29(4-23-10-41-16-47-23)52-33(57)27(38)2-21-8-39-14-45-21/h8-19,27-32H,2-7,38H2,1H3,(H,39,45)(H,40,46)(H,41,47)(H,42,48)(H,43,49)(H,44,50)(H,51,58)(H,52,57)(H,53,60)(H,54,59)(H,55,61)/t27-,28?,29-,30-,31-,32-/m0/s1. The summed E-state index contributed by atoms with van der Waals surface area (Å²) in [6, 6.07) is -7.13. The maximum absolute atomic E-state index is 14.3. The molecule has 24 heteroatoms. The Morgan fingerprint density at radius 2 is 0.639 bits per heavy atom. The van der Waals surface area contributed by atoms with Gasteiger partial charge in [-0.2, -0.15) is 0 Å². The number of nitrogens with zero attached hydrogens (tertiary/aromatic N) is 6. The molecule has 0 aliphatic rings. The molecule has 0 fully saturated rings. The molecule has 0 radical (unpaired) electrons. The molecule has 24 nitrogen and oxygen atoms in total. The second-order valence-corrected chi connectivity index (χ2v) is 14.2. The molecule has 0 spiro atoms. The molecule has 0 aromatic carbocycles. The molecule has 1 unspecified atom stereocenters. The van der Waals surface area contributed by atoms with E-state index >= 15 is 0 Å². The number of amides is 5. The number of hydrogen-bond donors (Lipinski definition) is 12. The third-order valence-corrected chi connectivity index (χ3v) is 9.57. The molecule has 0 aliphatic heterocycles. The first-order chi connectivity index (χ1) is 29.5. The summed E-state index contributed by atoms with van der Waals surface area (Å²) in [6.07, 6.45) is 17.5. The van der Waals surface area contributed by atoms with Gasteiger partial charge in [-0.25, -0.2) is 29.9 Å². The fourth-order valence-corrected chi connectivity index (χ4v) is 6.31. The summed E-state index contributed by atoms with van der Waals surface area (Å²) in [4.78, 5) is 124. The van der Waals surface area contributed by atoms with Crippen LogP contribution in [0.15, 0.2) is 75.1 Å². The number of nitrogens with two attached hydrogens (primary N) is 1. The van der Waals surface area contributed by atoms with Gasteiger partial charge in [0.05, 0.1) is 50.0 Å². The summed E-state index contributed by atoms with van der Waals surface area (Å²) in [7, 11) is 0. The normalized spacial score (nSPS) is 14.1. The molecule has 5 amide bonds. The van der Waals surface area contributed by atoms with E-state index in [0.29, 0.717) is 34.2 Å². The minimum atomic E-state index is -1.33. The molecule has 0 bridgehead atoms. The maximum atomic E-state index is 14.3. The van der Waals surface area contributed by atoms with Crippen LogP contribution in [0.5, 0.6) is 0 Å². The predicted octanol–water partition coefficient (Wildman–Crippen LogP) is -2.88. The molecule has 13 N–H and O–H groups in total. The van der Waals surface area contributed by atoms with Crippen LogP contribution in [0.2, 0.25) is 0 Å². The molecular weight excluding hydrogens is 793 g/mol. The Labute approximate surface area is 346 Å². The van der Waals surface area contributed by atoms with Crippen LogP contribution in [0.25, 0.3) is 0 Å². The first kappa shape index (κ1) is 42.8. The Balaban J connectivity index is 1.21. The van der Waals surface area contributed by atoms with E-state index in [1.807, 2.05) is 0 Å². The van der Waals surface area contributed by atoms with Crippen molar-refractivity contribution in [2.75, 3.05) is 0 Å². The number of rotatable bonds is 23. The number of aromatic nitrogens is 12. The lowest BCUT2D eigenvalue weighted by molar-refractivity contribution is -0.135. The van der Waals surface area contributed by atoms with Crippen LogP contribution < -0.4 is 32.3 Å². The predicted molar refractivity (Wildman–Crippen MR) is 212 cm³/mol. The number of imidazole rings is 6. The van der Waals surface area contributed by atoms with Gasteiger partial charge in [-0.1, -0.05) is 0 Å². The van der Waals surface area contributed by atoms with Gasteiger partial charge in [-0.05, 0) is 6.92 Å². The zero-order chi connectivity index (χ0) is 43.1. The third kappa shape index (κ3) is 12.6. The van der Waals surface area contributed by atoms with Crippen molar-refractivity contribution in [1.82, 2.24) is 86.4 Å². The van der Waals surface area contributed by atoms with E-state index in [0.717, 1.165) is 0 Å². The Bertz CT molecular complexity index is 2270. The van der Waals surface area contributed by atoms with Crippen molar-refractivity contribution in [1.29, 1.82) is 0 Å². The number of carbonyl (C=O) groups excluding carboxylic acids is 6. The van der Waals surface area contributed by atoms with Crippen molar-refractivity contribution in [3.63, 3.8) is 0 Å². The number of H-pyrrole nitrogens is 6. The summed E-state index contributed by atoms with van der Waals surface area (Å²) < 4.78 is 0. The minimum absolute atomic E-state index is 0.0379. The highest BCUT2D eigenvalue weighted by molar-refractivity contribution is 5.97. The first-order valence-corrected chi connectivity index (χ1v) is 19.1. The van der Waals surface area contributed by atoms with Crippen LogP contribution in [0, 0.1) is 0 Å². The molecule has 6 rings (SSSR count). The topological polar surface area (TPSA) is 361 Å². The lowest BCUT2D eigenvalue weighted by atomic mass is 10.0. The molecular formula is C37H46N18O6. The lowest BCUT2D eigenvalue weighted by Gasteiger charge is -2.27. The van der Waals surface area contributed by atoms with Gasteiger partial charge in [0.15, 0.2) is 5.78 Å². The summed E-state index contributed by atoms with van der Waals surface area (Å²) >= 11 is 0. The molecule has 0 saturated heterocycles. The zero-order valence-electron chi connectivity index (χ0n) is 32.8. The average molecular weight is 839 g/mol. The van der Waals surface area contributed by atoms with Crippen LogP contribution in [-0.2, 0) is 67.3 Å². The summed E-state index contributed by atoms with van der Waals surface area (Å²) in [5.74, 6) is -3.92. The molecule has 6 heterocycles. The SMILES string of the molecule is CC(=O)C(Cc1cnc[nH]1)NC(=O)[C@H](Cc1cnc[nH]1)NC(=O)[C@H](Cc1cnc[nH]1)NC(=O)[C@H](Cc1cnc[nH]1)NC(=O)[C@H](Cc1cnc[nH]1)NC(=O)[C@@H](N)Cc1cnc[nH]1. The molecule has 6 aromatic rings. The number of ketones is 1. The maximum Gasteiger partial charge on any atom is 0.243 e. The first-order valence-electron chi connectivity index (χ1n) is 19.1. The molecule has 61 heavy (non-hydrogen) atoms. The Morgan fingerprint density at radius 1 is 0.410 bits per heavy atom. The summed E-state index contributed by atoms with van der Waals surface area (Å²) in [5, 5.41) is 13.6. The van der Waals surface area contributed by atoms with Gasteiger partial charge < -0.3 is 62.2 Å². The second-order valence-electron chi connectivity index (χ2n) is 14.2. The van der Waals surface area contributed by atoms with Crippen molar-refractivity contribution in [3.05, 3.63) is 109 Å². The third-order valence-electron chi connectivity index (χ3n) is 9.57. The number of carbonyl (C=O) groups is 6. The van der Waals surface area contributed by atoms with Gasteiger partial charge in [-0.15, -0.1) is 0 Å². The van der Waals surface area contributed by atoms with Gasteiger partial charge in [0.1, 0.15) is 24.2 Å². The fourth-order valence-electron chi connectivity index (χ4n) is 6.31. The van der Waals surface area contributed by atoms with Crippen molar-refractivity contribution < 1.29 is 28.8 Å². The number of nitrogens with one attached hydrogen (secondary N) is 11. The minimum Gasteiger partial charge on any atom is -0.348 e. The zero-order valence-corrected chi connectivity index (χ0v) is 32.8. The highest BCUT2D eigenvalue weighted by Crippen LogP contribution is 2.09. The van der Waals surface area contributed by atoms with E-state index in [1.54, 1.807) is 0 Å². The van der Waals surface area contributed by atoms with Crippen molar-refractivity contribution in [2.45, 2.75) is 81.7 Å². The molecule has 6 atom stereocenters. The number of aromatic amines is 6. The lowest BCUT2D eigenvalue weighted by Crippen LogP contribution is -2.60. The van der Waals surface area contributed by atoms with E-state index in [-0.39, 0.29) is 44.3 Å². The molecule has 6 aromatic heterocycles. The van der Waals surface area contributed by atoms with Crippen LogP contribution in [-0.4, -0.2) is 131 Å². The van der Waals surface area contributed by atoms with E-state index in [4.69, 9.17) is 5.73 Å². The van der Waals surface area contributed by atoms with Crippen LogP contribution in [0.3, 0.4) is 0 Å². The summed E-state index contributed by atoms with van der Waals surface area (Å²) in [5.41, 5.74) is 9.36. The fraction of sp³-hybridized carbons (Fsp3) is 0.351. The molecule has 0 saturated carbocycles. The number of Topliss-reactive ketones (excluding diaryl/α,β-unsaturated/α-hetero) is 1.